The van der Waals surface area contributed by atoms with Crippen LogP contribution in [0, 0.1) is 0 Å². The molecule has 0 aromatic heterocycles. The molecule has 1 unspecified atom stereocenters. The Kier molecular flexibility index (Phi) is 5.97. The van der Waals surface area contributed by atoms with Crippen LogP contribution in [0.2, 0.25) is 0 Å². The predicted molar refractivity (Wildman–Crippen MR) is 69.8 cm³/mol. The Labute approximate surface area is 103 Å². The van der Waals surface area contributed by atoms with E-state index in [4.69, 9.17) is 15.9 Å². The Bertz CT molecular complexity index is 308. The monoisotopic (exact) mass is 238 g/mol. The number of aliphatic hydroxyl groups excluding tert-OH is 2. The zero-order valence-corrected chi connectivity index (χ0v) is 10.3. The minimum absolute atomic E-state index is 0.117. The molecule has 0 radical (unpaired) electrons. The molecule has 4 nitrogen and oxygen atoms in total. The van der Waals surface area contributed by atoms with Gasteiger partial charge in [0.05, 0.1) is 13.2 Å². The van der Waals surface area contributed by atoms with Gasteiger partial charge in [-0.3, -0.25) is 4.90 Å². The number of hydrogen-bond donors (Lipinski definition) is 3. The van der Waals surface area contributed by atoms with E-state index < -0.39 is 0 Å². The largest absolute Gasteiger partial charge is 0.399 e. The van der Waals surface area contributed by atoms with Crippen LogP contribution in [-0.4, -0.2) is 47.5 Å². The van der Waals surface area contributed by atoms with Gasteiger partial charge < -0.3 is 15.9 Å². The van der Waals surface area contributed by atoms with E-state index in [1.54, 1.807) is 0 Å². The summed E-state index contributed by atoms with van der Waals surface area (Å²) < 4.78 is 0. The van der Waals surface area contributed by atoms with Gasteiger partial charge in [0.15, 0.2) is 0 Å². The van der Waals surface area contributed by atoms with E-state index in [0.717, 1.165) is 12.1 Å². The molecule has 0 fully saturated rings. The van der Waals surface area contributed by atoms with E-state index in [-0.39, 0.29) is 19.3 Å². The lowest BCUT2D eigenvalue weighted by molar-refractivity contribution is 0.128. The highest BCUT2D eigenvalue weighted by atomic mass is 16.3. The van der Waals surface area contributed by atoms with Crippen LogP contribution in [0.25, 0.3) is 0 Å². The SMILES string of the molecule is CC(Cc1ccc(N)cc1)N(CCO)CCO. The Morgan fingerprint density at radius 2 is 1.65 bits per heavy atom. The standard InChI is InChI=1S/C13H22N2O2/c1-11(15(6-8-16)7-9-17)10-12-2-4-13(14)5-3-12/h2-5,11,16-17H,6-10,14H2,1H3. The number of hydrogen-bond acceptors (Lipinski definition) is 4. The molecule has 1 rings (SSSR count). The lowest BCUT2D eigenvalue weighted by Crippen LogP contribution is -2.38. The second kappa shape index (κ2) is 7.27. The van der Waals surface area contributed by atoms with Crippen molar-refractivity contribution in [1.29, 1.82) is 0 Å². The second-order valence-electron chi connectivity index (χ2n) is 4.28. The third-order valence-corrected chi connectivity index (χ3v) is 2.91. The molecule has 1 aromatic rings. The van der Waals surface area contributed by atoms with Crippen LogP contribution >= 0.6 is 0 Å². The summed E-state index contributed by atoms with van der Waals surface area (Å²) in [6.07, 6.45) is 0.889. The van der Waals surface area contributed by atoms with Crippen molar-refractivity contribution in [3.8, 4) is 0 Å². The van der Waals surface area contributed by atoms with Crippen molar-refractivity contribution in [3.05, 3.63) is 29.8 Å². The van der Waals surface area contributed by atoms with Gasteiger partial charge in [0.2, 0.25) is 0 Å². The minimum atomic E-state index is 0.117. The average Bonchev–Trinajstić information content (AvgIpc) is 2.32. The van der Waals surface area contributed by atoms with Gasteiger partial charge in [0.1, 0.15) is 0 Å². The number of nitrogens with two attached hydrogens (primary N) is 1. The molecule has 0 saturated heterocycles. The number of nitrogens with zero attached hydrogens (tertiary/aromatic N) is 1. The third-order valence-electron chi connectivity index (χ3n) is 2.91. The normalized spacial score (nSPS) is 12.9. The molecule has 96 valence electrons. The Hall–Kier alpha value is -1.10. The number of rotatable bonds is 7. The number of nitrogen functional groups attached to an aromatic ring is 1. The van der Waals surface area contributed by atoms with Crippen LogP contribution in [-0.2, 0) is 6.42 Å². The minimum Gasteiger partial charge on any atom is -0.399 e. The smallest absolute Gasteiger partial charge is 0.0558 e. The molecule has 1 aromatic carbocycles. The molecule has 1 atom stereocenters. The molecular weight excluding hydrogens is 216 g/mol. The molecule has 0 saturated carbocycles. The first-order valence-corrected chi connectivity index (χ1v) is 5.97. The quantitative estimate of drug-likeness (QED) is 0.605. The molecule has 0 spiro atoms. The fourth-order valence-corrected chi connectivity index (χ4v) is 1.93. The van der Waals surface area contributed by atoms with Gasteiger partial charge in [-0.05, 0) is 31.0 Å². The van der Waals surface area contributed by atoms with Gasteiger partial charge in [-0.25, -0.2) is 0 Å². The third kappa shape index (κ3) is 4.73. The molecule has 17 heavy (non-hydrogen) atoms. The van der Waals surface area contributed by atoms with Crippen LogP contribution in [0.15, 0.2) is 24.3 Å². The van der Waals surface area contributed by atoms with Crippen LogP contribution in [0.1, 0.15) is 12.5 Å². The summed E-state index contributed by atoms with van der Waals surface area (Å²) in [6, 6.07) is 8.11. The van der Waals surface area contributed by atoms with Gasteiger partial charge in [-0.2, -0.15) is 0 Å². The van der Waals surface area contributed by atoms with E-state index in [1.165, 1.54) is 5.56 Å². The number of anilines is 1. The second-order valence-corrected chi connectivity index (χ2v) is 4.28. The van der Waals surface area contributed by atoms with Crippen molar-refractivity contribution in [2.75, 3.05) is 32.0 Å². The van der Waals surface area contributed by atoms with Crippen LogP contribution in [0.3, 0.4) is 0 Å². The summed E-state index contributed by atoms with van der Waals surface area (Å²) in [6.45, 7) is 3.52. The van der Waals surface area contributed by atoms with Crippen LogP contribution in [0.5, 0.6) is 0 Å². The fraction of sp³-hybridized carbons (Fsp3) is 0.538. The first-order valence-electron chi connectivity index (χ1n) is 5.97. The van der Waals surface area contributed by atoms with Crippen molar-refractivity contribution in [3.63, 3.8) is 0 Å². The molecular formula is C13H22N2O2. The highest BCUT2D eigenvalue weighted by Gasteiger charge is 2.13. The van der Waals surface area contributed by atoms with Gasteiger partial charge in [-0.15, -0.1) is 0 Å². The van der Waals surface area contributed by atoms with Gasteiger partial charge in [0.25, 0.3) is 0 Å². The summed E-state index contributed by atoms with van der Waals surface area (Å²) in [5.74, 6) is 0. The van der Waals surface area contributed by atoms with Crippen molar-refractivity contribution in [1.82, 2.24) is 4.90 Å². The molecule has 0 aliphatic rings. The molecule has 0 aliphatic heterocycles. The summed E-state index contributed by atoms with van der Waals surface area (Å²) in [7, 11) is 0. The molecule has 0 amide bonds. The van der Waals surface area contributed by atoms with E-state index in [0.29, 0.717) is 13.1 Å². The molecule has 0 heterocycles. The van der Waals surface area contributed by atoms with Crippen molar-refractivity contribution in [2.24, 2.45) is 0 Å². The first-order chi connectivity index (χ1) is 8.17. The Morgan fingerprint density at radius 3 is 2.12 bits per heavy atom. The predicted octanol–water partition coefficient (Wildman–Crippen LogP) is 0.486. The molecule has 0 bridgehead atoms. The average molecular weight is 238 g/mol. The molecule has 4 heteroatoms. The lowest BCUT2D eigenvalue weighted by atomic mass is 10.1. The summed E-state index contributed by atoms with van der Waals surface area (Å²) in [5, 5.41) is 17.9. The van der Waals surface area contributed by atoms with Crippen LogP contribution < -0.4 is 5.73 Å². The summed E-state index contributed by atoms with van der Waals surface area (Å²) >= 11 is 0. The van der Waals surface area contributed by atoms with E-state index in [9.17, 15) is 0 Å². The highest BCUT2D eigenvalue weighted by Crippen LogP contribution is 2.11. The van der Waals surface area contributed by atoms with Crippen molar-refractivity contribution < 1.29 is 10.2 Å². The van der Waals surface area contributed by atoms with Crippen molar-refractivity contribution >= 4 is 5.69 Å². The molecule has 4 N–H and O–H groups in total. The fourth-order valence-electron chi connectivity index (χ4n) is 1.93. The Balaban J connectivity index is 2.55. The summed E-state index contributed by atoms with van der Waals surface area (Å²) in [4.78, 5) is 2.08. The van der Waals surface area contributed by atoms with E-state index in [1.807, 2.05) is 24.3 Å². The molecule has 0 aliphatic carbocycles. The first kappa shape index (κ1) is 14.0. The van der Waals surface area contributed by atoms with E-state index >= 15 is 0 Å². The maximum Gasteiger partial charge on any atom is 0.0558 e. The highest BCUT2D eigenvalue weighted by molar-refractivity contribution is 5.39. The van der Waals surface area contributed by atoms with Crippen molar-refractivity contribution in [2.45, 2.75) is 19.4 Å². The topological polar surface area (TPSA) is 69.7 Å². The van der Waals surface area contributed by atoms with Gasteiger partial charge >= 0.3 is 0 Å². The zero-order valence-electron chi connectivity index (χ0n) is 10.3. The van der Waals surface area contributed by atoms with Crippen LogP contribution in [0.4, 0.5) is 5.69 Å². The number of benzene rings is 1. The van der Waals surface area contributed by atoms with Gasteiger partial charge in [0, 0.05) is 24.8 Å². The van der Waals surface area contributed by atoms with Gasteiger partial charge in [-0.1, -0.05) is 12.1 Å². The zero-order chi connectivity index (χ0) is 12.7. The maximum absolute atomic E-state index is 8.97. The summed E-state index contributed by atoms with van der Waals surface area (Å²) in [5.41, 5.74) is 7.62. The van der Waals surface area contributed by atoms with E-state index in [2.05, 4.69) is 11.8 Å². The Morgan fingerprint density at radius 1 is 1.12 bits per heavy atom. The number of aliphatic hydroxyl groups is 2. The maximum atomic E-state index is 8.97. The lowest BCUT2D eigenvalue weighted by Gasteiger charge is -2.27.